The molecule has 0 atom stereocenters. The molecule has 0 heterocycles. The van der Waals surface area contributed by atoms with Gasteiger partial charge in [0.25, 0.3) is 0 Å². The van der Waals surface area contributed by atoms with E-state index in [0.717, 1.165) is 5.56 Å². The topological polar surface area (TPSA) is 34.1 Å². The van der Waals surface area contributed by atoms with Crippen LogP contribution in [0.25, 0.3) is 0 Å². The lowest BCUT2D eigenvalue weighted by atomic mass is 9.78. The van der Waals surface area contributed by atoms with E-state index in [4.69, 9.17) is 0 Å². The number of rotatable bonds is 5. The minimum Gasteiger partial charge on any atom is -0.299 e. The van der Waals surface area contributed by atoms with E-state index in [9.17, 15) is 9.59 Å². The van der Waals surface area contributed by atoms with E-state index in [1.165, 1.54) is 5.56 Å². The van der Waals surface area contributed by atoms with Crippen molar-refractivity contribution < 1.29 is 9.59 Å². The van der Waals surface area contributed by atoms with Crippen molar-refractivity contribution in [3.8, 4) is 0 Å². The highest BCUT2D eigenvalue weighted by Gasteiger charge is 2.30. The summed E-state index contributed by atoms with van der Waals surface area (Å²) in [6.07, 6.45) is 0.850. The minimum atomic E-state index is -0.367. The van der Waals surface area contributed by atoms with Gasteiger partial charge in [-0.15, -0.1) is 0 Å². The molecule has 0 bridgehead atoms. The Morgan fingerprint density at radius 1 is 0.818 bits per heavy atom. The van der Waals surface area contributed by atoms with Gasteiger partial charge in [0.1, 0.15) is 11.6 Å². The van der Waals surface area contributed by atoms with Crippen LogP contribution in [0.4, 0.5) is 0 Å². The first-order chi connectivity index (χ1) is 9.91. The van der Waals surface area contributed by atoms with Gasteiger partial charge < -0.3 is 0 Å². The van der Waals surface area contributed by atoms with Crippen molar-refractivity contribution >= 4 is 11.6 Å². The maximum absolute atomic E-state index is 12.4. The molecule has 0 saturated carbocycles. The monoisotopic (exact) mass is 302 g/mol. The fraction of sp³-hybridized carbons (Fsp3) is 0.600. The second kappa shape index (κ2) is 6.76. The van der Waals surface area contributed by atoms with Gasteiger partial charge in [0.2, 0.25) is 0 Å². The Labute approximate surface area is 135 Å². The first-order valence-corrected chi connectivity index (χ1v) is 8.04. The van der Waals surface area contributed by atoms with E-state index in [1.54, 1.807) is 0 Å². The average Bonchev–Trinajstić information content (AvgIpc) is 2.36. The molecule has 22 heavy (non-hydrogen) atoms. The zero-order valence-corrected chi connectivity index (χ0v) is 15.1. The third-order valence-electron chi connectivity index (χ3n) is 4.09. The molecule has 2 nitrogen and oxygen atoms in total. The van der Waals surface area contributed by atoms with Crippen molar-refractivity contribution in [1.29, 1.82) is 0 Å². The summed E-state index contributed by atoms with van der Waals surface area (Å²) in [4.78, 5) is 24.9. The summed E-state index contributed by atoms with van der Waals surface area (Å²) in [6, 6.07) is 8.19. The number of hydrogen-bond donors (Lipinski definition) is 0. The van der Waals surface area contributed by atoms with E-state index < -0.39 is 0 Å². The Kier molecular flexibility index (Phi) is 5.72. The molecule has 122 valence electrons. The van der Waals surface area contributed by atoms with Gasteiger partial charge in [0.15, 0.2) is 0 Å². The molecule has 0 saturated heterocycles. The highest BCUT2D eigenvalue weighted by molar-refractivity contribution is 5.87. The Bertz CT molecular complexity index is 496. The van der Waals surface area contributed by atoms with Crippen LogP contribution in [-0.2, 0) is 9.59 Å². The average molecular weight is 302 g/mol. The fourth-order valence-electron chi connectivity index (χ4n) is 2.21. The lowest BCUT2D eigenvalue weighted by Gasteiger charge is -2.25. The molecular weight excluding hydrogens is 272 g/mol. The van der Waals surface area contributed by atoms with E-state index >= 15 is 0 Å². The number of carbonyl (C=O) groups is 2. The van der Waals surface area contributed by atoms with Crippen molar-refractivity contribution in [2.45, 2.75) is 67.2 Å². The van der Waals surface area contributed by atoms with Gasteiger partial charge in [-0.25, -0.2) is 0 Å². The van der Waals surface area contributed by atoms with Crippen LogP contribution in [0.1, 0.15) is 71.4 Å². The van der Waals surface area contributed by atoms with Crippen LogP contribution in [0.5, 0.6) is 0 Å². The Balaban J connectivity index is 3.02. The lowest BCUT2D eigenvalue weighted by Crippen LogP contribution is -2.26. The molecule has 0 aliphatic heterocycles. The summed E-state index contributed by atoms with van der Waals surface area (Å²) in [5, 5.41) is 0. The molecule has 0 aromatic heterocycles. The number of carbonyl (C=O) groups excluding carboxylic acids is 2. The standard InChI is InChI=1S/C20H30O2/c1-14-8-10-15(11-9-14)16(12-17(21)19(2,3)4)13-18(22)20(5,6)7/h8-11,16H,12-13H2,1-7H3. The third kappa shape index (κ3) is 5.40. The Hall–Kier alpha value is -1.44. The van der Waals surface area contributed by atoms with E-state index in [0.29, 0.717) is 12.8 Å². The second-order valence-corrected chi connectivity index (χ2v) is 8.36. The maximum Gasteiger partial charge on any atom is 0.138 e. The van der Waals surface area contributed by atoms with Crippen molar-refractivity contribution in [3.63, 3.8) is 0 Å². The molecule has 0 unspecified atom stereocenters. The quantitative estimate of drug-likeness (QED) is 0.759. The molecule has 1 rings (SSSR count). The molecule has 0 aliphatic carbocycles. The molecule has 0 amide bonds. The number of ketones is 2. The number of aryl methyl sites for hydroxylation is 1. The van der Waals surface area contributed by atoms with Crippen LogP contribution >= 0.6 is 0 Å². The predicted octanol–water partition coefficient (Wildman–Crippen LogP) is 5.09. The number of benzene rings is 1. The van der Waals surface area contributed by atoms with Crippen molar-refractivity contribution in [1.82, 2.24) is 0 Å². The highest BCUT2D eigenvalue weighted by atomic mass is 16.1. The van der Waals surface area contributed by atoms with Crippen LogP contribution in [0, 0.1) is 17.8 Å². The largest absolute Gasteiger partial charge is 0.299 e. The van der Waals surface area contributed by atoms with E-state index in [1.807, 2.05) is 72.7 Å². The first-order valence-electron chi connectivity index (χ1n) is 8.04. The van der Waals surface area contributed by atoms with Crippen LogP contribution < -0.4 is 0 Å². The molecular formula is C20H30O2. The van der Waals surface area contributed by atoms with Crippen LogP contribution in [-0.4, -0.2) is 11.6 Å². The summed E-state index contributed by atoms with van der Waals surface area (Å²) >= 11 is 0. The third-order valence-corrected chi connectivity index (χ3v) is 4.09. The van der Waals surface area contributed by atoms with Crippen LogP contribution in [0.15, 0.2) is 24.3 Å². The smallest absolute Gasteiger partial charge is 0.138 e. The Morgan fingerprint density at radius 3 is 1.50 bits per heavy atom. The minimum absolute atomic E-state index is 0.0287. The molecule has 1 aromatic rings. The number of Topliss-reactive ketones (excluding diaryl/α,β-unsaturated/α-hetero) is 2. The maximum atomic E-state index is 12.4. The molecule has 1 aromatic carbocycles. The fourth-order valence-corrected chi connectivity index (χ4v) is 2.21. The Morgan fingerprint density at radius 2 is 1.18 bits per heavy atom. The molecule has 0 fully saturated rings. The van der Waals surface area contributed by atoms with E-state index in [2.05, 4.69) is 0 Å². The predicted molar refractivity (Wildman–Crippen MR) is 92.1 cm³/mol. The molecule has 0 spiro atoms. The zero-order valence-electron chi connectivity index (χ0n) is 15.1. The molecule has 0 aliphatic rings. The van der Waals surface area contributed by atoms with Crippen molar-refractivity contribution in [3.05, 3.63) is 35.4 Å². The van der Waals surface area contributed by atoms with Gasteiger partial charge in [-0.1, -0.05) is 71.4 Å². The number of hydrogen-bond acceptors (Lipinski definition) is 2. The van der Waals surface area contributed by atoms with Crippen molar-refractivity contribution in [2.75, 3.05) is 0 Å². The van der Waals surface area contributed by atoms with Gasteiger partial charge in [0.05, 0.1) is 0 Å². The van der Waals surface area contributed by atoms with Crippen molar-refractivity contribution in [2.24, 2.45) is 10.8 Å². The van der Waals surface area contributed by atoms with Gasteiger partial charge in [-0.3, -0.25) is 9.59 Å². The van der Waals surface area contributed by atoms with Crippen LogP contribution in [0.2, 0.25) is 0 Å². The first kappa shape index (κ1) is 18.6. The molecule has 0 radical (unpaired) electrons. The second-order valence-electron chi connectivity index (χ2n) is 8.36. The van der Waals surface area contributed by atoms with Gasteiger partial charge in [0, 0.05) is 23.7 Å². The molecule has 0 N–H and O–H groups in total. The summed E-state index contributed by atoms with van der Waals surface area (Å²) in [6.45, 7) is 13.7. The molecule has 2 heteroatoms. The van der Waals surface area contributed by atoms with Gasteiger partial charge in [-0.05, 0) is 18.4 Å². The van der Waals surface area contributed by atoms with Crippen LogP contribution in [0.3, 0.4) is 0 Å². The summed E-state index contributed by atoms with van der Waals surface area (Å²) in [5.74, 6) is 0.388. The zero-order chi connectivity index (χ0) is 17.1. The van der Waals surface area contributed by atoms with Gasteiger partial charge >= 0.3 is 0 Å². The lowest BCUT2D eigenvalue weighted by molar-refractivity contribution is -0.128. The van der Waals surface area contributed by atoms with E-state index in [-0.39, 0.29) is 28.3 Å². The highest BCUT2D eigenvalue weighted by Crippen LogP contribution is 2.32. The van der Waals surface area contributed by atoms with Gasteiger partial charge in [-0.2, -0.15) is 0 Å². The summed E-state index contributed by atoms with van der Waals surface area (Å²) in [7, 11) is 0. The SMILES string of the molecule is Cc1ccc(C(CC(=O)C(C)(C)C)CC(=O)C(C)(C)C)cc1. The normalized spacial score (nSPS) is 12.5. The summed E-state index contributed by atoms with van der Waals surface area (Å²) in [5.41, 5.74) is 1.54. The summed E-state index contributed by atoms with van der Waals surface area (Å²) < 4.78 is 0.